The van der Waals surface area contributed by atoms with Crippen LogP contribution in [0.2, 0.25) is 5.28 Å². The summed E-state index contributed by atoms with van der Waals surface area (Å²) in [6.45, 7) is 3.27. The number of hydrogen-bond acceptors (Lipinski definition) is 2. The first-order valence-corrected chi connectivity index (χ1v) is 7.00. The fraction of sp³-hybridized carbons (Fsp3) is 0.333. The predicted octanol–water partition coefficient (Wildman–Crippen LogP) is 2.58. The van der Waals surface area contributed by atoms with Crippen molar-refractivity contribution in [3.63, 3.8) is 0 Å². The van der Waals surface area contributed by atoms with E-state index in [-0.39, 0.29) is 5.91 Å². The second-order valence-electron chi connectivity index (χ2n) is 5.18. The minimum Gasteiger partial charge on any atom is -0.332 e. The number of nitrogens with zero attached hydrogens (tertiary/aromatic N) is 3. The number of aryl methyl sites for hydroxylation is 1. The second-order valence-corrected chi connectivity index (χ2v) is 5.51. The van der Waals surface area contributed by atoms with Gasteiger partial charge in [0.25, 0.3) is 5.91 Å². The first-order chi connectivity index (χ1) is 9.56. The number of halogens is 1. The molecular weight excluding hydrogens is 274 g/mol. The van der Waals surface area contributed by atoms with Crippen molar-refractivity contribution >= 4 is 17.5 Å². The smallest absolute Gasteiger partial charge is 0.254 e. The number of carbonyl (C=O) groups is 1. The molecule has 0 N–H and O–H groups in total. The Kier molecular flexibility index (Phi) is 3.26. The van der Waals surface area contributed by atoms with Gasteiger partial charge in [-0.15, -0.1) is 0 Å². The molecule has 20 heavy (non-hydrogen) atoms. The van der Waals surface area contributed by atoms with Crippen molar-refractivity contribution in [3.05, 3.63) is 52.1 Å². The Morgan fingerprint density at radius 3 is 2.70 bits per heavy atom. The molecule has 3 rings (SSSR count). The summed E-state index contributed by atoms with van der Waals surface area (Å²) in [6, 6.07) is 7.68. The van der Waals surface area contributed by atoms with Crippen molar-refractivity contribution in [3.8, 4) is 0 Å². The lowest BCUT2D eigenvalue weighted by Gasteiger charge is -2.27. The van der Waals surface area contributed by atoms with Crippen LogP contribution in [-0.2, 0) is 20.0 Å². The summed E-state index contributed by atoms with van der Waals surface area (Å²) in [4.78, 5) is 18.7. The molecule has 0 radical (unpaired) electrons. The van der Waals surface area contributed by atoms with Gasteiger partial charge < -0.3 is 9.47 Å². The van der Waals surface area contributed by atoms with Crippen LogP contribution in [0.3, 0.4) is 0 Å². The van der Waals surface area contributed by atoms with Gasteiger partial charge in [-0.25, -0.2) is 4.98 Å². The number of aromatic nitrogens is 2. The van der Waals surface area contributed by atoms with Gasteiger partial charge in [-0.2, -0.15) is 0 Å². The third-order valence-electron chi connectivity index (χ3n) is 3.79. The Bertz CT molecular complexity index is 661. The van der Waals surface area contributed by atoms with Crippen LogP contribution in [-0.4, -0.2) is 26.9 Å². The molecule has 4 nitrogen and oxygen atoms in total. The van der Waals surface area contributed by atoms with Gasteiger partial charge in [0.1, 0.15) is 0 Å². The Hall–Kier alpha value is -1.81. The summed E-state index contributed by atoms with van der Waals surface area (Å²) in [5.41, 5.74) is 3.92. The molecule has 1 aromatic heterocycles. The molecule has 0 aliphatic carbocycles. The summed E-state index contributed by atoms with van der Waals surface area (Å²) < 4.78 is 1.85. The fourth-order valence-corrected chi connectivity index (χ4v) is 2.71. The van der Waals surface area contributed by atoms with Crippen molar-refractivity contribution in [1.82, 2.24) is 14.5 Å². The van der Waals surface area contributed by atoms with E-state index in [1.807, 2.05) is 47.7 Å². The van der Waals surface area contributed by atoms with Crippen LogP contribution < -0.4 is 0 Å². The van der Waals surface area contributed by atoms with E-state index in [0.717, 1.165) is 28.9 Å². The molecule has 0 fully saturated rings. The van der Waals surface area contributed by atoms with Gasteiger partial charge in [-0.3, -0.25) is 4.79 Å². The lowest BCUT2D eigenvalue weighted by atomic mass is 10.1. The summed E-state index contributed by atoms with van der Waals surface area (Å²) in [5.74, 6) is 0.0629. The second kappa shape index (κ2) is 4.94. The number of benzene rings is 1. The molecule has 0 saturated heterocycles. The van der Waals surface area contributed by atoms with Crippen LogP contribution in [0.4, 0.5) is 0 Å². The molecule has 0 unspecified atom stereocenters. The minimum atomic E-state index is 0.0629. The number of rotatable bonds is 1. The monoisotopic (exact) mass is 289 g/mol. The fourth-order valence-electron chi connectivity index (χ4n) is 2.51. The topological polar surface area (TPSA) is 38.1 Å². The SMILES string of the molecule is Cc1ccc(C(=O)N2CCc3nc(Cl)n(C)c3C2)cc1. The van der Waals surface area contributed by atoms with Crippen LogP contribution in [0, 0.1) is 6.92 Å². The molecule has 0 spiro atoms. The van der Waals surface area contributed by atoms with E-state index in [4.69, 9.17) is 11.6 Å². The Morgan fingerprint density at radius 1 is 1.30 bits per heavy atom. The van der Waals surface area contributed by atoms with Crippen molar-refractivity contribution in [2.45, 2.75) is 19.9 Å². The van der Waals surface area contributed by atoms with Crippen molar-refractivity contribution < 1.29 is 4.79 Å². The maximum absolute atomic E-state index is 12.5. The molecule has 0 atom stereocenters. The average Bonchev–Trinajstić information content (AvgIpc) is 2.74. The van der Waals surface area contributed by atoms with Gasteiger partial charge in [-0.05, 0) is 30.7 Å². The molecule has 0 bridgehead atoms. The van der Waals surface area contributed by atoms with Gasteiger partial charge in [0, 0.05) is 25.6 Å². The zero-order chi connectivity index (χ0) is 14.3. The van der Waals surface area contributed by atoms with E-state index in [2.05, 4.69) is 4.98 Å². The first kappa shape index (κ1) is 13.2. The molecule has 2 heterocycles. The molecule has 1 amide bonds. The van der Waals surface area contributed by atoms with E-state index in [1.54, 1.807) is 0 Å². The number of hydrogen-bond donors (Lipinski definition) is 0. The molecule has 5 heteroatoms. The van der Waals surface area contributed by atoms with Crippen molar-refractivity contribution in [2.24, 2.45) is 7.05 Å². The molecule has 1 aliphatic rings. The van der Waals surface area contributed by atoms with Gasteiger partial charge in [0.05, 0.1) is 17.9 Å². The number of imidazole rings is 1. The average molecular weight is 290 g/mol. The van der Waals surface area contributed by atoms with Crippen LogP contribution in [0.5, 0.6) is 0 Å². The number of amides is 1. The van der Waals surface area contributed by atoms with Crippen LogP contribution in [0.25, 0.3) is 0 Å². The lowest BCUT2D eigenvalue weighted by molar-refractivity contribution is 0.0730. The maximum Gasteiger partial charge on any atom is 0.254 e. The highest BCUT2D eigenvalue weighted by Crippen LogP contribution is 2.23. The number of fused-ring (bicyclic) bond motifs is 1. The Balaban J connectivity index is 1.84. The summed E-state index contributed by atoms with van der Waals surface area (Å²) in [7, 11) is 1.88. The van der Waals surface area contributed by atoms with Gasteiger partial charge >= 0.3 is 0 Å². The highest BCUT2D eigenvalue weighted by atomic mass is 35.5. The molecule has 2 aromatic rings. The third kappa shape index (κ3) is 2.20. The molecule has 1 aliphatic heterocycles. The van der Waals surface area contributed by atoms with E-state index in [9.17, 15) is 4.79 Å². The van der Waals surface area contributed by atoms with Gasteiger partial charge in [0.15, 0.2) is 0 Å². The summed E-state index contributed by atoms with van der Waals surface area (Å²) >= 11 is 6.03. The van der Waals surface area contributed by atoms with Crippen LogP contribution >= 0.6 is 11.6 Å². The van der Waals surface area contributed by atoms with Gasteiger partial charge in [0.2, 0.25) is 5.28 Å². The zero-order valence-corrected chi connectivity index (χ0v) is 12.3. The van der Waals surface area contributed by atoms with Crippen LogP contribution in [0.15, 0.2) is 24.3 Å². The van der Waals surface area contributed by atoms with Crippen molar-refractivity contribution in [1.29, 1.82) is 0 Å². The molecule has 0 saturated carbocycles. The highest BCUT2D eigenvalue weighted by Gasteiger charge is 2.25. The molecule has 104 valence electrons. The Morgan fingerprint density at radius 2 is 2.00 bits per heavy atom. The highest BCUT2D eigenvalue weighted by molar-refractivity contribution is 6.28. The summed E-state index contributed by atoms with van der Waals surface area (Å²) in [6.07, 6.45) is 0.757. The standard InChI is InChI=1S/C15H16ClN3O/c1-10-3-5-11(6-4-10)14(20)19-8-7-12-13(9-19)18(2)15(16)17-12/h3-6H,7-9H2,1-2H3. The number of carbonyl (C=O) groups excluding carboxylic acids is 1. The minimum absolute atomic E-state index is 0.0629. The van der Waals surface area contributed by atoms with E-state index in [1.165, 1.54) is 0 Å². The quantitative estimate of drug-likeness (QED) is 0.809. The van der Waals surface area contributed by atoms with Gasteiger partial charge in [-0.1, -0.05) is 17.7 Å². The van der Waals surface area contributed by atoms with E-state index in [0.29, 0.717) is 18.4 Å². The lowest BCUT2D eigenvalue weighted by Crippen LogP contribution is -2.36. The first-order valence-electron chi connectivity index (χ1n) is 6.62. The largest absolute Gasteiger partial charge is 0.332 e. The van der Waals surface area contributed by atoms with E-state index >= 15 is 0 Å². The Labute approximate surface area is 123 Å². The molecular formula is C15H16ClN3O. The zero-order valence-electron chi connectivity index (χ0n) is 11.6. The van der Waals surface area contributed by atoms with Crippen molar-refractivity contribution in [2.75, 3.05) is 6.54 Å². The molecule has 1 aromatic carbocycles. The van der Waals surface area contributed by atoms with Crippen LogP contribution in [0.1, 0.15) is 27.3 Å². The predicted molar refractivity (Wildman–Crippen MR) is 77.8 cm³/mol. The third-order valence-corrected chi connectivity index (χ3v) is 4.12. The van der Waals surface area contributed by atoms with E-state index < -0.39 is 0 Å². The maximum atomic E-state index is 12.5. The summed E-state index contributed by atoms with van der Waals surface area (Å²) in [5, 5.41) is 0.486. The normalized spacial score (nSPS) is 14.2.